The smallest absolute Gasteiger partial charge is 0.233 e. The molecule has 5 aromatic carbocycles. The summed E-state index contributed by atoms with van der Waals surface area (Å²) in [4.78, 5) is 16.1. The van der Waals surface area contributed by atoms with Crippen molar-refractivity contribution in [1.82, 2.24) is 0 Å². The molecule has 0 saturated carbocycles. The van der Waals surface area contributed by atoms with Crippen molar-refractivity contribution in [2.45, 2.75) is 77.1 Å². The predicted molar refractivity (Wildman–Crippen MR) is 205 cm³/mol. The summed E-state index contributed by atoms with van der Waals surface area (Å²) < 4.78 is 33.8. The Kier molecular flexibility index (Phi) is 11.1. The van der Waals surface area contributed by atoms with Crippen LogP contribution in [-0.4, -0.2) is 14.2 Å². The summed E-state index contributed by atoms with van der Waals surface area (Å²) in [6.07, 6.45) is 0.938. The van der Waals surface area contributed by atoms with E-state index in [2.05, 4.69) is 33.9 Å². The minimum absolute atomic E-state index is 0.0144. The average molecular weight is 702 g/mol. The van der Waals surface area contributed by atoms with Crippen molar-refractivity contribution < 1.29 is 23.1 Å². The van der Waals surface area contributed by atoms with Gasteiger partial charge < -0.3 is 18.8 Å². The minimum Gasteiger partial charge on any atom is -0.489 e. The van der Waals surface area contributed by atoms with Gasteiger partial charge in [-0.1, -0.05) is 112 Å². The van der Waals surface area contributed by atoms with Crippen LogP contribution in [0.4, 0.5) is 10.1 Å². The number of rotatable bonds is 14. The number of ether oxygens (including phenoxy) is 2. The van der Waals surface area contributed by atoms with Crippen LogP contribution in [0.25, 0.3) is 0 Å². The van der Waals surface area contributed by atoms with Gasteiger partial charge in [-0.3, -0.25) is 4.79 Å². The fourth-order valence-electron chi connectivity index (χ4n) is 6.35. The topological polar surface area (TPSA) is 48.0 Å². The molecule has 0 bridgehead atoms. The molecule has 1 aliphatic heterocycles. The van der Waals surface area contributed by atoms with E-state index in [0.29, 0.717) is 37.6 Å². The highest BCUT2D eigenvalue weighted by Gasteiger charge is 2.50. The second kappa shape index (κ2) is 15.7. The van der Waals surface area contributed by atoms with Crippen LogP contribution in [0.3, 0.4) is 0 Å². The molecule has 0 aliphatic carbocycles. The average Bonchev–Trinajstić information content (AvgIpc) is 3.13. The van der Waals surface area contributed by atoms with Crippen LogP contribution >= 0.6 is 0 Å². The highest BCUT2D eigenvalue weighted by atomic mass is 28.4. The molecular weight excluding hydrogens is 654 g/mol. The monoisotopic (exact) mass is 701 g/mol. The van der Waals surface area contributed by atoms with E-state index in [1.54, 1.807) is 0 Å². The first-order valence-corrected chi connectivity index (χ1v) is 20.7. The summed E-state index contributed by atoms with van der Waals surface area (Å²) in [5, 5.41) is -0.0144. The molecule has 1 heterocycles. The predicted octanol–water partition coefficient (Wildman–Crippen LogP) is 11.2. The molecule has 0 radical (unpaired) electrons. The number of hydrogen-bond donors (Lipinski definition) is 0. The molecule has 1 amide bonds. The van der Waals surface area contributed by atoms with Gasteiger partial charge in [0.1, 0.15) is 30.5 Å². The lowest BCUT2D eigenvalue weighted by atomic mass is 9.78. The fraction of sp³-hybridized carbons (Fsp3) is 0.295. The van der Waals surface area contributed by atoms with E-state index in [0.717, 1.165) is 27.9 Å². The largest absolute Gasteiger partial charge is 0.489 e. The number of benzene rings is 5. The maximum atomic E-state index is 14.2. The van der Waals surface area contributed by atoms with Gasteiger partial charge in [-0.05, 0) is 84.1 Å². The Labute approximate surface area is 303 Å². The third-order valence-electron chi connectivity index (χ3n) is 10.3. The number of amides is 1. The number of carbonyl (C=O) groups is 1. The molecule has 1 aliphatic rings. The maximum absolute atomic E-state index is 14.2. The summed E-state index contributed by atoms with van der Waals surface area (Å²) >= 11 is 0. The molecule has 51 heavy (non-hydrogen) atoms. The highest BCUT2D eigenvalue weighted by Crippen LogP contribution is 2.50. The Balaban J connectivity index is 1.33. The van der Waals surface area contributed by atoms with E-state index in [9.17, 15) is 9.18 Å². The van der Waals surface area contributed by atoms with Crippen LogP contribution in [0.5, 0.6) is 11.5 Å². The van der Waals surface area contributed by atoms with Crippen molar-refractivity contribution in [3.05, 3.63) is 162 Å². The number of nitrogens with zero attached hydrogens (tertiary/aromatic N) is 1. The molecular formula is C44H48FNO4Si. The maximum Gasteiger partial charge on any atom is 0.233 e. The van der Waals surface area contributed by atoms with Crippen molar-refractivity contribution in [2.75, 3.05) is 4.90 Å². The molecule has 264 valence electrons. The van der Waals surface area contributed by atoms with Gasteiger partial charge in [0.05, 0.1) is 18.1 Å². The lowest BCUT2D eigenvalue weighted by molar-refractivity contribution is -0.131. The number of para-hydroxylation sites is 1. The summed E-state index contributed by atoms with van der Waals surface area (Å²) in [5.41, 5.74) is 4.81. The molecule has 0 unspecified atom stereocenters. The van der Waals surface area contributed by atoms with E-state index < -0.39 is 8.32 Å². The normalized spacial score (nSPS) is 16.7. The Morgan fingerprint density at radius 3 is 1.90 bits per heavy atom. The van der Waals surface area contributed by atoms with Crippen LogP contribution in [-0.2, 0) is 22.4 Å². The molecule has 1 saturated heterocycles. The zero-order valence-electron chi connectivity index (χ0n) is 30.2. The van der Waals surface area contributed by atoms with Gasteiger partial charge in [-0.2, -0.15) is 0 Å². The molecule has 0 spiro atoms. The third-order valence-corrected chi connectivity index (χ3v) is 14.7. The summed E-state index contributed by atoms with van der Waals surface area (Å²) in [7, 11) is -2.21. The first kappa shape index (κ1) is 36.1. The summed E-state index contributed by atoms with van der Waals surface area (Å²) in [5.74, 6) is 0.844. The summed E-state index contributed by atoms with van der Waals surface area (Å²) in [6.45, 7) is 11.9. The first-order valence-electron chi connectivity index (χ1n) is 17.8. The summed E-state index contributed by atoms with van der Waals surface area (Å²) in [6, 6.07) is 42.3. The van der Waals surface area contributed by atoms with Crippen molar-refractivity contribution in [3.8, 4) is 11.5 Å². The van der Waals surface area contributed by atoms with Crippen LogP contribution < -0.4 is 14.4 Å². The number of halogens is 1. The van der Waals surface area contributed by atoms with Crippen molar-refractivity contribution in [2.24, 2.45) is 5.92 Å². The lowest BCUT2D eigenvalue weighted by Crippen LogP contribution is -2.55. The Morgan fingerprint density at radius 1 is 0.745 bits per heavy atom. The van der Waals surface area contributed by atoms with Gasteiger partial charge in [-0.15, -0.1) is 0 Å². The van der Waals surface area contributed by atoms with Gasteiger partial charge in [0, 0.05) is 17.3 Å². The quantitative estimate of drug-likeness (QED) is 0.0854. The van der Waals surface area contributed by atoms with Gasteiger partial charge in [0.15, 0.2) is 8.32 Å². The zero-order valence-corrected chi connectivity index (χ0v) is 31.2. The van der Waals surface area contributed by atoms with Gasteiger partial charge in [0.25, 0.3) is 0 Å². The standard InChI is InChI=1S/C44H48FNO4Si/c1-44(2,3)51(4,5)50-40(34-21-23-35(45)24-22-34)28-27-39-42(46(43(39)47)36-19-13-8-14-20-36)38-26-25-37(48-30-32-15-9-6-10-16-32)29-41(38)49-31-33-17-11-7-12-18-33/h6-26,29,39-40,42H,27-28,30-31H2,1-5H3/t39-,40+,42-/m1/s1. The molecule has 5 nitrogen and oxygen atoms in total. The minimum atomic E-state index is -2.21. The van der Waals surface area contributed by atoms with E-state index >= 15 is 0 Å². The fourth-order valence-corrected chi connectivity index (χ4v) is 7.67. The number of anilines is 1. The van der Waals surface area contributed by atoms with E-state index in [4.69, 9.17) is 13.9 Å². The van der Waals surface area contributed by atoms with Crippen molar-refractivity contribution in [3.63, 3.8) is 0 Å². The molecule has 7 heteroatoms. The molecule has 3 atom stereocenters. The van der Waals surface area contributed by atoms with E-state index in [-0.39, 0.29) is 34.8 Å². The number of β-lactam (4-membered cyclic amide) rings is 1. The van der Waals surface area contributed by atoms with E-state index in [1.807, 2.05) is 126 Å². The highest BCUT2D eigenvalue weighted by molar-refractivity contribution is 6.74. The van der Waals surface area contributed by atoms with Gasteiger partial charge in [-0.25, -0.2) is 4.39 Å². The SMILES string of the molecule is CC(C)(C)[Si](C)(C)O[C@@H](CC[C@H]1C(=O)N(c2ccccc2)[C@@H]1c1ccc(OCc2ccccc2)cc1OCc1ccccc1)c1ccc(F)cc1. The Morgan fingerprint density at radius 2 is 1.31 bits per heavy atom. The number of hydrogen-bond acceptors (Lipinski definition) is 4. The van der Waals surface area contributed by atoms with E-state index in [1.165, 1.54) is 12.1 Å². The molecule has 5 aromatic rings. The molecule has 6 rings (SSSR count). The number of carbonyl (C=O) groups excluding carboxylic acids is 1. The Hall–Kier alpha value is -4.72. The molecule has 1 fully saturated rings. The molecule has 0 N–H and O–H groups in total. The van der Waals surface area contributed by atoms with Crippen molar-refractivity contribution >= 4 is 19.9 Å². The Bertz CT molecular complexity index is 1880. The second-order valence-electron chi connectivity index (χ2n) is 14.8. The third kappa shape index (κ3) is 8.60. The zero-order chi connectivity index (χ0) is 36.0. The lowest BCUT2D eigenvalue weighted by Gasteiger charge is -2.48. The van der Waals surface area contributed by atoms with Crippen LogP contribution in [0, 0.1) is 11.7 Å². The van der Waals surface area contributed by atoms with Crippen LogP contribution in [0.2, 0.25) is 18.1 Å². The van der Waals surface area contributed by atoms with Gasteiger partial charge >= 0.3 is 0 Å². The van der Waals surface area contributed by atoms with Crippen LogP contribution in [0.1, 0.15) is 68.0 Å². The second-order valence-corrected chi connectivity index (χ2v) is 19.6. The van der Waals surface area contributed by atoms with Crippen LogP contribution in [0.15, 0.2) is 133 Å². The first-order chi connectivity index (χ1) is 24.5. The molecule has 0 aromatic heterocycles. The van der Waals surface area contributed by atoms with Gasteiger partial charge in [0.2, 0.25) is 5.91 Å². The van der Waals surface area contributed by atoms with Crippen molar-refractivity contribution in [1.29, 1.82) is 0 Å².